The minimum Gasteiger partial charge on any atom is -0.496 e. The predicted molar refractivity (Wildman–Crippen MR) is 134 cm³/mol. The van der Waals surface area contributed by atoms with Crippen LogP contribution in [0.3, 0.4) is 0 Å². The maximum atomic E-state index is 12.7. The van der Waals surface area contributed by atoms with Gasteiger partial charge in [0.25, 0.3) is 5.91 Å². The number of para-hydroxylation sites is 1. The number of ether oxygens (including phenoxy) is 1. The number of fused-ring (bicyclic) bond motifs is 1. The number of hydrazone groups is 1. The molecule has 0 radical (unpaired) electrons. The van der Waals surface area contributed by atoms with Gasteiger partial charge in [0.1, 0.15) is 6.10 Å². The molecule has 3 N–H and O–H groups in total. The Kier molecular flexibility index (Phi) is 7.71. The van der Waals surface area contributed by atoms with Gasteiger partial charge in [-0.25, -0.2) is 5.43 Å². The summed E-state index contributed by atoms with van der Waals surface area (Å²) in [4.78, 5) is 49.9. The molecule has 1 aliphatic heterocycles. The normalized spacial score (nSPS) is 19.2. The van der Waals surface area contributed by atoms with Crippen LogP contribution >= 0.6 is 15.9 Å². The number of amides is 3. The topological polar surface area (TPSA) is 126 Å². The second kappa shape index (κ2) is 11.1. The van der Waals surface area contributed by atoms with E-state index in [-0.39, 0.29) is 34.6 Å². The second-order valence-corrected chi connectivity index (χ2v) is 9.08. The lowest BCUT2D eigenvalue weighted by Crippen LogP contribution is -2.37. The smallest absolute Gasteiger partial charge is 0.329 e. The summed E-state index contributed by atoms with van der Waals surface area (Å²) in [6.45, 7) is 0. The Morgan fingerprint density at radius 1 is 0.971 bits per heavy atom. The summed E-state index contributed by atoms with van der Waals surface area (Å²) in [6.07, 6.45) is 6.04. The summed E-state index contributed by atoms with van der Waals surface area (Å²) in [5.41, 5.74) is 3.25. The van der Waals surface area contributed by atoms with Crippen LogP contribution in [0.4, 0.5) is 11.4 Å². The molecule has 0 saturated heterocycles. The molecule has 0 bridgehead atoms. The number of Topliss-reactive ketones (excluding diaryl/α,β-unsaturated/α-hetero) is 1. The fourth-order valence-electron chi connectivity index (χ4n) is 4.00. The van der Waals surface area contributed by atoms with E-state index in [4.69, 9.17) is 4.74 Å². The summed E-state index contributed by atoms with van der Waals surface area (Å²) in [5, 5.41) is 8.89. The number of benzene rings is 2. The number of nitrogens with zero attached hydrogens (tertiary/aromatic N) is 1. The van der Waals surface area contributed by atoms with Gasteiger partial charge in [-0.2, -0.15) is 5.10 Å². The van der Waals surface area contributed by atoms with Crippen molar-refractivity contribution in [2.75, 3.05) is 10.6 Å². The first kappa shape index (κ1) is 24.3. The van der Waals surface area contributed by atoms with Crippen LogP contribution in [0.2, 0.25) is 0 Å². The molecule has 35 heavy (non-hydrogen) atoms. The molecule has 1 aliphatic carbocycles. The standard InChI is InChI=1S/C25H23BrN4O5/c26-16-9-11-17(12-10-16)28-23(32)18-5-1-3-7-20(18)29-24(33)25(34)30-27-13-15-14-35-21-8-4-2-6-19(21)22(15)31/h1,3,5,7,9-14,19,21H,2,4,6,8H2,(H,28,32)(H,29,33)(H,30,34)/b27-13+. The van der Waals surface area contributed by atoms with E-state index in [0.717, 1.165) is 30.2 Å². The van der Waals surface area contributed by atoms with Gasteiger partial charge >= 0.3 is 11.8 Å². The Morgan fingerprint density at radius 2 is 1.71 bits per heavy atom. The largest absolute Gasteiger partial charge is 0.496 e. The van der Waals surface area contributed by atoms with Crippen molar-refractivity contribution in [2.24, 2.45) is 11.0 Å². The number of anilines is 2. The number of rotatable bonds is 5. The van der Waals surface area contributed by atoms with E-state index < -0.39 is 17.7 Å². The second-order valence-electron chi connectivity index (χ2n) is 8.16. The lowest BCUT2D eigenvalue weighted by Gasteiger charge is -2.33. The van der Waals surface area contributed by atoms with Crippen LogP contribution in [-0.4, -0.2) is 35.8 Å². The molecular formula is C25H23BrN4O5. The third kappa shape index (κ3) is 6.02. The molecule has 2 aromatic carbocycles. The first-order chi connectivity index (χ1) is 16.9. The van der Waals surface area contributed by atoms with Crippen molar-refractivity contribution in [3.05, 3.63) is 70.4 Å². The zero-order valence-electron chi connectivity index (χ0n) is 18.6. The van der Waals surface area contributed by atoms with Gasteiger partial charge in [0, 0.05) is 10.2 Å². The summed E-state index contributed by atoms with van der Waals surface area (Å²) in [6, 6.07) is 13.3. The Hall–Kier alpha value is -3.79. The summed E-state index contributed by atoms with van der Waals surface area (Å²) >= 11 is 3.33. The maximum absolute atomic E-state index is 12.7. The number of carbonyl (C=O) groups excluding carboxylic acids is 4. The molecule has 2 unspecified atom stereocenters. The van der Waals surface area contributed by atoms with Crippen molar-refractivity contribution in [3.63, 3.8) is 0 Å². The number of allylic oxidation sites excluding steroid dienone is 1. The van der Waals surface area contributed by atoms with Crippen LogP contribution in [0, 0.1) is 5.92 Å². The van der Waals surface area contributed by atoms with Gasteiger partial charge < -0.3 is 15.4 Å². The molecule has 180 valence electrons. The van der Waals surface area contributed by atoms with E-state index in [1.165, 1.54) is 24.6 Å². The molecule has 1 heterocycles. The van der Waals surface area contributed by atoms with Gasteiger partial charge in [-0.15, -0.1) is 0 Å². The zero-order valence-corrected chi connectivity index (χ0v) is 20.2. The first-order valence-electron chi connectivity index (χ1n) is 11.1. The quantitative estimate of drug-likeness (QED) is 0.303. The highest BCUT2D eigenvalue weighted by Gasteiger charge is 2.36. The van der Waals surface area contributed by atoms with E-state index in [1.807, 2.05) is 0 Å². The third-order valence-electron chi connectivity index (χ3n) is 5.79. The summed E-state index contributed by atoms with van der Waals surface area (Å²) in [7, 11) is 0. The molecule has 0 aromatic heterocycles. The first-order valence-corrected chi connectivity index (χ1v) is 11.9. The third-order valence-corrected chi connectivity index (χ3v) is 6.32. The van der Waals surface area contributed by atoms with Gasteiger partial charge in [0.2, 0.25) is 0 Å². The summed E-state index contributed by atoms with van der Waals surface area (Å²) < 4.78 is 6.49. The van der Waals surface area contributed by atoms with Gasteiger partial charge in [-0.05, 0) is 55.7 Å². The van der Waals surface area contributed by atoms with Crippen molar-refractivity contribution in [2.45, 2.75) is 31.8 Å². The molecular weight excluding hydrogens is 516 g/mol. The minimum atomic E-state index is -1.05. The lowest BCUT2D eigenvalue weighted by molar-refractivity contribution is -0.136. The molecule has 1 fully saturated rings. The highest BCUT2D eigenvalue weighted by Crippen LogP contribution is 2.32. The van der Waals surface area contributed by atoms with Crippen molar-refractivity contribution >= 4 is 57.0 Å². The van der Waals surface area contributed by atoms with E-state index in [2.05, 4.69) is 37.1 Å². The van der Waals surface area contributed by atoms with Gasteiger partial charge in [0.05, 0.1) is 35.2 Å². The number of nitrogens with one attached hydrogen (secondary N) is 3. The Balaban J connectivity index is 1.35. The molecule has 3 amide bonds. The van der Waals surface area contributed by atoms with E-state index in [9.17, 15) is 19.2 Å². The Labute approximate surface area is 210 Å². The van der Waals surface area contributed by atoms with Gasteiger partial charge in [-0.1, -0.05) is 34.5 Å². The van der Waals surface area contributed by atoms with Crippen molar-refractivity contribution in [3.8, 4) is 0 Å². The SMILES string of the molecule is O=C(N/N=C/C1=COC2CCCCC2C1=O)C(=O)Nc1ccccc1C(=O)Nc1ccc(Br)cc1. The number of hydrogen-bond acceptors (Lipinski definition) is 6. The molecule has 9 nitrogen and oxygen atoms in total. The molecule has 1 saturated carbocycles. The highest BCUT2D eigenvalue weighted by atomic mass is 79.9. The molecule has 10 heteroatoms. The predicted octanol–water partition coefficient (Wildman–Crippen LogP) is 3.78. The molecule has 4 rings (SSSR count). The maximum Gasteiger partial charge on any atom is 0.329 e. The highest BCUT2D eigenvalue weighted by molar-refractivity contribution is 9.10. The fourth-order valence-corrected chi connectivity index (χ4v) is 4.26. The summed E-state index contributed by atoms with van der Waals surface area (Å²) in [5.74, 6) is -2.79. The number of hydrogen-bond donors (Lipinski definition) is 3. The average molecular weight is 539 g/mol. The van der Waals surface area contributed by atoms with Crippen LogP contribution in [0.5, 0.6) is 0 Å². The fraction of sp³-hybridized carbons (Fsp3) is 0.240. The van der Waals surface area contributed by atoms with Crippen LogP contribution in [0.15, 0.2) is 69.9 Å². The molecule has 2 aromatic rings. The van der Waals surface area contributed by atoms with E-state index in [0.29, 0.717) is 5.69 Å². The van der Waals surface area contributed by atoms with Crippen molar-refractivity contribution < 1.29 is 23.9 Å². The van der Waals surface area contributed by atoms with E-state index in [1.54, 1.807) is 36.4 Å². The van der Waals surface area contributed by atoms with Crippen molar-refractivity contribution in [1.82, 2.24) is 5.43 Å². The van der Waals surface area contributed by atoms with Crippen LogP contribution in [-0.2, 0) is 19.1 Å². The molecule has 0 spiro atoms. The minimum absolute atomic E-state index is 0.0749. The number of ketones is 1. The van der Waals surface area contributed by atoms with Gasteiger partial charge in [0.15, 0.2) is 5.78 Å². The van der Waals surface area contributed by atoms with Crippen LogP contribution in [0.1, 0.15) is 36.0 Å². The Bertz CT molecular complexity index is 1210. The zero-order chi connectivity index (χ0) is 24.8. The number of halogens is 1. The van der Waals surface area contributed by atoms with Crippen LogP contribution in [0.25, 0.3) is 0 Å². The average Bonchev–Trinajstić information content (AvgIpc) is 2.87. The van der Waals surface area contributed by atoms with E-state index >= 15 is 0 Å². The monoisotopic (exact) mass is 538 g/mol. The molecule has 2 aliphatic rings. The molecule has 2 atom stereocenters. The van der Waals surface area contributed by atoms with Gasteiger partial charge in [-0.3, -0.25) is 19.2 Å². The van der Waals surface area contributed by atoms with Crippen molar-refractivity contribution in [1.29, 1.82) is 0 Å². The van der Waals surface area contributed by atoms with Crippen LogP contribution < -0.4 is 16.1 Å². The number of carbonyl (C=O) groups is 4. The lowest BCUT2D eigenvalue weighted by atomic mass is 9.80. The Morgan fingerprint density at radius 3 is 2.51 bits per heavy atom.